The highest BCUT2D eigenvalue weighted by molar-refractivity contribution is 9.10. The van der Waals surface area contributed by atoms with E-state index in [9.17, 15) is 4.79 Å². The highest BCUT2D eigenvalue weighted by Crippen LogP contribution is 2.30. The summed E-state index contributed by atoms with van der Waals surface area (Å²) >= 11 is 4.54. The number of nitrogens with one attached hydrogen (secondary N) is 1. The van der Waals surface area contributed by atoms with Gasteiger partial charge in [0.15, 0.2) is 5.13 Å². The first-order chi connectivity index (χ1) is 11.6. The van der Waals surface area contributed by atoms with Gasteiger partial charge in [-0.1, -0.05) is 27.3 Å². The number of benzene rings is 2. The summed E-state index contributed by atoms with van der Waals surface area (Å²) < 4.78 is 0.902. The van der Waals surface area contributed by atoms with Gasteiger partial charge in [-0.2, -0.15) is 5.26 Å². The van der Waals surface area contributed by atoms with Gasteiger partial charge in [0.1, 0.15) is 10.7 Å². The molecule has 0 aliphatic rings. The van der Waals surface area contributed by atoms with Gasteiger partial charge in [-0.15, -0.1) is 0 Å². The number of anilines is 3. The first kappa shape index (κ1) is 16.2. The number of aromatic nitrogens is 1. The minimum atomic E-state index is -0.162. The molecule has 3 aromatic rings. The fourth-order valence-electron chi connectivity index (χ4n) is 2.03. The second kappa shape index (κ2) is 6.83. The Bertz CT molecular complexity index is 927. The van der Waals surface area contributed by atoms with Crippen LogP contribution in [0.3, 0.4) is 0 Å². The molecule has 0 radical (unpaired) electrons. The maximum Gasteiger partial charge on any atom is 0.206 e. The second-order valence-electron chi connectivity index (χ2n) is 4.88. The van der Waals surface area contributed by atoms with Crippen molar-refractivity contribution in [3.8, 4) is 6.07 Å². The third-order valence-electron chi connectivity index (χ3n) is 3.23. The molecule has 24 heavy (non-hydrogen) atoms. The van der Waals surface area contributed by atoms with Crippen LogP contribution in [0.1, 0.15) is 20.8 Å². The fraction of sp³-hybridized carbons (Fsp3) is 0. The van der Waals surface area contributed by atoms with Crippen molar-refractivity contribution in [2.24, 2.45) is 0 Å². The summed E-state index contributed by atoms with van der Waals surface area (Å²) in [6.07, 6.45) is 0. The third-order valence-corrected chi connectivity index (χ3v) is 4.75. The van der Waals surface area contributed by atoms with Gasteiger partial charge in [0.25, 0.3) is 0 Å². The number of thiazole rings is 1. The second-order valence-corrected chi connectivity index (χ2v) is 6.80. The molecule has 0 aliphatic heterocycles. The number of nitrogens with two attached hydrogens (primary N) is 1. The summed E-state index contributed by atoms with van der Waals surface area (Å²) in [5.41, 5.74) is 7.79. The third kappa shape index (κ3) is 3.45. The van der Waals surface area contributed by atoms with Crippen LogP contribution in [0.25, 0.3) is 0 Å². The maximum atomic E-state index is 12.5. The number of hydrogen-bond acceptors (Lipinski definition) is 6. The maximum absolute atomic E-state index is 12.5. The molecule has 7 heteroatoms. The molecule has 0 atom stereocenters. The molecule has 3 rings (SSSR count). The molecule has 1 heterocycles. The predicted molar refractivity (Wildman–Crippen MR) is 98.5 cm³/mol. The minimum Gasteiger partial charge on any atom is -0.382 e. The van der Waals surface area contributed by atoms with E-state index in [1.807, 2.05) is 0 Å². The lowest BCUT2D eigenvalue weighted by Gasteiger charge is -2.01. The molecule has 0 amide bonds. The van der Waals surface area contributed by atoms with E-state index < -0.39 is 0 Å². The average Bonchev–Trinajstić information content (AvgIpc) is 2.96. The van der Waals surface area contributed by atoms with Crippen LogP contribution in [0, 0.1) is 11.3 Å². The number of nitriles is 1. The minimum absolute atomic E-state index is 0.162. The molecule has 5 nitrogen and oxygen atoms in total. The Labute approximate surface area is 150 Å². The Morgan fingerprint density at radius 2 is 1.83 bits per heavy atom. The molecule has 0 aliphatic carbocycles. The van der Waals surface area contributed by atoms with Crippen LogP contribution in [-0.2, 0) is 0 Å². The Morgan fingerprint density at radius 3 is 2.46 bits per heavy atom. The van der Waals surface area contributed by atoms with Gasteiger partial charge >= 0.3 is 0 Å². The molecule has 0 saturated carbocycles. The molecule has 0 saturated heterocycles. The lowest BCUT2D eigenvalue weighted by Crippen LogP contribution is -2.02. The molecule has 0 bridgehead atoms. The quantitative estimate of drug-likeness (QED) is 0.637. The van der Waals surface area contributed by atoms with Crippen molar-refractivity contribution in [2.75, 3.05) is 11.1 Å². The number of carbonyl (C=O) groups excluding carboxylic acids is 1. The van der Waals surface area contributed by atoms with E-state index in [1.165, 1.54) is 11.3 Å². The number of ketones is 1. The fourth-order valence-corrected chi connectivity index (χ4v) is 3.16. The van der Waals surface area contributed by atoms with E-state index in [4.69, 9.17) is 11.0 Å². The van der Waals surface area contributed by atoms with Gasteiger partial charge < -0.3 is 11.1 Å². The topological polar surface area (TPSA) is 91.8 Å². The summed E-state index contributed by atoms with van der Waals surface area (Å²) in [4.78, 5) is 17.1. The largest absolute Gasteiger partial charge is 0.382 e. The van der Waals surface area contributed by atoms with E-state index in [2.05, 4.69) is 32.3 Å². The van der Waals surface area contributed by atoms with Crippen molar-refractivity contribution in [1.82, 2.24) is 4.98 Å². The van der Waals surface area contributed by atoms with Crippen LogP contribution in [-0.4, -0.2) is 10.8 Å². The molecule has 118 valence electrons. The SMILES string of the molecule is N#Cc1ccc(Nc2nc(N)c(C(=O)c3ccc(Br)cc3)s2)cc1. The van der Waals surface area contributed by atoms with Crippen LogP contribution in [0.4, 0.5) is 16.6 Å². The zero-order valence-corrected chi connectivity index (χ0v) is 14.7. The van der Waals surface area contributed by atoms with Crippen molar-refractivity contribution in [1.29, 1.82) is 5.26 Å². The lowest BCUT2D eigenvalue weighted by molar-refractivity contribution is 0.104. The lowest BCUT2D eigenvalue weighted by atomic mass is 10.1. The van der Waals surface area contributed by atoms with Gasteiger partial charge in [0, 0.05) is 15.7 Å². The molecule has 0 unspecified atom stereocenters. The number of nitrogens with zero attached hydrogens (tertiary/aromatic N) is 2. The normalized spacial score (nSPS) is 10.2. The molecule has 2 aromatic carbocycles. The van der Waals surface area contributed by atoms with Gasteiger partial charge in [0.05, 0.1) is 11.6 Å². The van der Waals surface area contributed by atoms with E-state index in [0.717, 1.165) is 10.2 Å². The van der Waals surface area contributed by atoms with E-state index in [0.29, 0.717) is 21.1 Å². The Morgan fingerprint density at radius 1 is 1.17 bits per heavy atom. The highest BCUT2D eigenvalue weighted by atomic mass is 79.9. The highest BCUT2D eigenvalue weighted by Gasteiger charge is 2.18. The standard InChI is InChI=1S/C17H11BrN4OS/c18-12-5-3-11(4-6-12)14(23)15-16(20)22-17(24-15)21-13-7-1-10(9-19)2-8-13/h1-8H,20H2,(H,21,22). The molecular weight excluding hydrogens is 388 g/mol. The van der Waals surface area contributed by atoms with E-state index in [-0.39, 0.29) is 11.6 Å². The monoisotopic (exact) mass is 398 g/mol. The van der Waals surface area contributed by atoms with Crippen molar-refractivity contribution < 1.29 is 4.79 Å². The molecule has 1 aromatic heterocycles. The summed E-state index contributed by atoms with van der Waals surface area (Å²) in [6.45, 7) is 0. The van der Waals surface area contributed by atoms with Gasteiger partial charge in [-0.25, -0.2) is 4.98 Å². The van der Waals surface area contributed by atoms with Gasteiger partial charge in [-0.3, -0.25) is 4.79 Å². The van der Waals surface area contributed by atoms with Crippen LogP contribution in [0.5, 0.6) is 0 Å². The van der Waals surface area contributed by atoms with Crippen LogP contribution in [0.2, 0.25) is 0 Å². The first-order valence-corrected chi connectivity index (χ1v) is 8.51. The summed E-state index contributed by atoms with van der Waals surface area (Å²) in [6, 6.07) is 16.1. The molecule has 3 N–H and O–H groups in total. The number of hydrogen-bond donors (Lipinski definition) is 2. The molecule has 0 fully saturated rings. The van der Waals surface area contributed by atoms with Gasteiger partial charge in [0.2, 0.25) is 5.78 Å². The van der Waals surface area contributed by atoms with Gasteiger partial charge in [-0.05, 0) is 48.5 Å². The van der Waals surface area contributed by atoms with Crippen molar-refractivity contribution in [2.45, 2.75) is 0 Å². The van der Waals surface area contributed by atoms with E-state index >= 15 is 0 Å². The summed E-state index contributed by atoms with van der Waals surface area (Å²) in [5.74, 6) is 0.0365. The van der Waals surface area contributed by atoms with Crippen molar-refractivity contribution in [3.05, 3.63) is 69.0 Å². The zero-order valence-electron chi connectivity index (χ0n) is 12.3. The van der Waals surface area contributed by atoms with E-state index in [1.54, 1.807) is 48.5 Å². The predicted octanol–water partition coefficient (Wildman–Crippen LogP) is 4.33. The number of rotatable bonds is 4. The summed E-state index contributed by atoms with van der Waals surface area (Å²) in [5, 5.41) is 12.4. The zero-order chi connectivity index (χ0) is 17.1. The van der Waals surface area contributed by atoms with Crippen LogP contribution >= 0.6 is 27.3 Å². The summed E-state index contributed by atoms with van der Waals surface area (Å²) in [7, 11) is 0. The average molecular weight is 399 g/mol. The first-order valence-electron chi connectivity index (χ1n) is 6.90. The Kier molecular flexibility index (Phi) is 4.60. The molecule has 0 spiro atoms. The Balaban J connectivity index is 1.83. The van der Waals surface area contributed by atoms with Crippen LogP contribution in [0.15, 0.2) is 53.0 Å². The Hall–Kier alpha value is -2.69. The van der Waals surface area contributed by atoms with Crippen molar-refractivity contribution >= 4 is 49.7 Å². The smallest absolute Gasteiger partial charge is 0.206 e. The number of nitrogen functional groups attached to an aromatic ring is 1. The number of carbonyl (C=O) groups is 1. The van der Waals surface area contributed by atoms with Crippen molar-refractivity contribution in [3.63, 3.8) is 0 Å². The number of halogens is 1. The molecular formula is C17H11BrN4OS. The van der Waals surface area contributed by atoms with Crippen LogP contribution < -0.4 is 11.1 Å².